The van der Waals surface area contributed by atoms with Gasteiger partial charge in [-0.1, -0.05) is 23.4 Å². The second-order valence-electron chi connectivity index (χ2n) is 8.13. The molecule has 0 atom stereocenters. The molecule has 1 saturated carbocycles. The Balaban J connectivity index is 1.39. The van der Waals surface area contributed by atoms with Crippen LogP contribution in [-0.4, -0.2) is 37.2 Å². The first kappa shape index (κ1) is 24.2. The molecule has 1 aliphatic carbocycles. The van der Waals surface area contributed by atoms with E-state index in [1.807, 2.05) is 0 Å². The number of aromatic nitrogens is 4. The van der Waals surface area contributed by atoms with Gasteiger partial charge in [-0.2, -0.15) is 5.26 Å². The van der Waals surface area contributed by atoms with Crippen molar-refractivity contribution in [1.82, 2.24) is 19.5 Å². The van der Waals surface area contributed by atoms with Crippen LogP contribution in [0.5, 0.6) is 5.75 Å². The molecule has 9 nitrogen and oxygen atoms in total. The van der Waals surface area contributed by atoms with E-state index in [1.54, 1.807) is 31.3 Å². The highest BCUT2D eigenvalue weighted by molar-refractivity contribution is 8.01. The van der Waals surface area contributed by atoms with E-state index in [4.69, 9.17) is 21.4 Å². The molecule has 0 bridgehead atoms. The predicted molar refractivity (Wildman–Crippen MR) is 135 cm³/mol. The monoisotopic (exact) mass is 539 g/mol. The second-order valence-corrected chi connectivity index (χ2v) is 10.7. The summed E-state index contributed by atoms with van der Waals surface area (Å²) in [5.74, 6) is 0.154. The molecule has 12 heteroatoms. The number of carboxylic acid groups (broad SMARTS) is 1. The number of hydrogen-bond acceptors (Lipinski definition) is 9. The van der Waals surface area contributed by atoms with Gasteiger partial charge >= 0.3 is 5.97 Å². The van der Waals surface area contributed by atoms with Crippen LogP contribution in [-0.2, 0) is 6.54 Å². The van der Waals surface area contributed by atoms with Gasteiger partial charge in [-0.05, 0) is 38.0 Å². The summed E-state index contributed by atoms with van der Waals surface area (Å²) < 4.78 is 8.03. The third-order valence-electron chi connectivity index (χ3n) is 5.67. The fourth-order valence-electron chi connectivity index (χ4n) is 3.80. The maximum absolute atomic E-state index is 13.4. The van der Waals surface area contributed by atoms with Crippen molar-refractivity contribution < 1.29 is 14.6 Å². The smallest absolute Gasteiger partial charge is 0.355 e. The molecular weight excluding hydrogens is 522 g/mol. The van der Waals surface area contributed by atoms with Crippen molar-refractivity contribution in [1.29, 1.82) is 5.26 Å². The number of fused-ring (bicyclic) bond motifs is 1. The fraction of sp³-hybridized carbons (Fsp3) is 0.250. The average molecular weight is 540 g/mol. The number of aromatic carboxylic acids is 1. The third kappa shape index (κ3) is 4.80. The second kappa shape index (κ2) is 9.89. The summed E-state index contributed by atoms with van der Waals surface area (Å²) in [6.45, 7) is 2.10. The molecular formula is C24H18ClN5O4S2. The number of pyridine rings is 1. The van der Waals surface area contributed by atoms with Crippen LogP contribution in [0.2, 0.25) is 5.02 Å². The summed E-state index contributed by atoms with van der Waals surface area (Å²) in [5, 5.41) is 21.1. The molecule has 36 heavy (non-hydrogen) atoms. The molecule has 0 aliphatic heterocycles. The number of carboxylic acids is 1. The number of rotatable bonds is 8. The maximum Gasteiger partial charge on any atom is 0.355 e. The van der Waals surface area contributed by atoms with Gasteiger partial charge in [0.15, 0.2) is 10.0 Å². The summed E-state index contributed by atoms with van der Waals surface area (Å²) >= 11 is 8.63. The third-order valence-corrected chi connectivity index (χ3v) is 7.89. The van der Waals surface area contributed by atoms with Gasteiger partial charge < -0.3 is 9.84 Å². The molecule has 1 aliphatic rings. The van der Waals surface area contributed by atoms with Crippen LogP contribution in [0.15, 0.2) is 43.8 Å². The molecule has 5 rings (SSSR count). The lowest BCUT2D eigenvalue weighted by atomic mass is 10.1. The first-order valence-corrected chi connectivity index (χ1v) is 13.0. The van der Waals surface area contributed by atoms with Crippen molar-refractivity contribution in [2.75, 3.05) is 6.61 Å². The molecule has 0 unspecified atom stereocenters. The topological polar surface area (TPSA) is 131 Å². The summed E-state index contributed by atoms with van der Waals surface area (Å²) in [6.07, 6.45) is 3.51. The zero-order valence-corrected chi connectivity index (χ0v) is 21.3. The normalized spacial score (nSPS) is 13.0. The zero-order valence-electron chi connectivity index (χ0n) is 18.9. The number of halogens is 1. The van der Waals surface area contributed by atoms with Crippen LogP contribution in [0.4, 0.5) is 0 Å². The molecule has 0 spiro atoms. The standard InChI is InChI=1S/C24H18ClN5O4S2/c1-12-28-16-10-27-21(13-2-3-13)15(9-26)20(16)22(31)30(12)6-7-34-18-5-4-14(25)8-19(18)36-24-29-17(11-35-24)23(32)33/h4-5,8,10-11,13H,2-3,6-7H2,1H3,(H,32,33). The summed E-state index contributed by atoms with van der Waals surface area (Å²) in [7, 11) is 0. The van der Waals surface area contributed by atoms with E-state index >= 15 is 0 Å². The van der Waals surface area contributed by atoms with E-state index in [-0.39, 0.29) is 30.3 Å². The molecule has 1 aromatic carbocycles. The fourth-order valence-corrected chi connectivity index (χ4v) is 5.91. The maximum atomic E-state index is 13.4. The van der Waals surface area contributed by atoms with Gasteiger partial charge in [0, 0.05) is 16.3 Å². The predicted octanol–water partition coefficient (Wildman–Crippen LogP) is 4.89. The first-order chi connectivity index (χ1) is 17.4. The molecule has 0 saturated heterocycles. The average Bonchev–Trinajstić information content (AvgIpc) is 3.59. The number of ether oxygens (including phenoxy) is 1. The number of carbonyl (C=O) groups is 1. The Hall–Kier alpha value is -3.46. The van der Waals surface area contributed by atoms with Crippen LogP contribution in [0.25, 0.3) is 10.9 Å². The minimum atomic E-state index is -1.09. The lowest BCUT2D eigenvalue weighted by molar-refractivity contribution is 0.0691. The van der Waals surface area contributed by atoms with E-state index in [0.717, 1.165) is 12.8 Å². The minimum Gasteiger partial charge on any atom is -0.491 e. The van der Waals surface area contributed by atoms with E-state index in [2.05, 4.69) is 21.0 Å². The zero-order chi connectivity index (χ0) is 25.4. The molecule has 0 radical (unpaired) electrons. The SMILES string of the molecule is Cc1nc2cnc(C3CC3)c(C#N)c2c(=O)n1CCOc1ccc(Cl)cc1Sc1nc(C(=O)O)cs1. The molecule has 0 amide bonds. The van der Waals surface area contributed by atoms with Gasteiger partial charge in [-0.3, -0.25) is 14.3 Å². The number of nitrogens with zero attached hydrogens (tertiary/aromatic N) is 5. The molecule has 1 N–H and O–H groups in total. The highest BCUT2D eigenvalue weighted by Gasteiger charge is 2.30. The molecule has 3 aromatic heterocycles. The number of thiazole rings is 1. The summed E-state index contributed by atoms with van der Waals surface area (Å²) in [6, 6.07) is 7.28. The van der Waals surface area contributed by atoms with Crippen LogP contribution >= 0.6 is 34.7 Å². The summed E-state index contributed by atoms with van der Waals surface area (Å²) in [5.41, 5.74) is 1.07. The van der Waals surface area contributed by atoms with Crippen LogP contribution < -0.4 is 10.3 Å². The Morgan fingerprint density at radius 1 is 1.39 bits per heavy atom. The van der Waals surface area contributed by atoms with Gasteiger partial charge in [-0.25, -0.2) is 14.8 Å². The molecule has 3 heterocycles. The van der Waals surface area contributed by atoms with Crippen molar-refractivity contribution in [3.05, 3.63) is 67.9 Å². The van der Waals surface area contributed by atoms with Gasteiger partial charge in [0.25, 0.3) is 5.56 Å². The highest BCUT2D eigenvalue weighted by Crippen LogP contribution is 2.41. The van der Waals surface area contributed by atoms with E-state index in [0.29, 0.717) is 48.0 Å². The van der Waals surface area contributed by atoms with Gasteiger partial charge in [-0.15, -0.1) is 11.3 Å². The summed E-state index contributed by atoms with van der Waals surface area (Å²) in [4.78, 5) is 38.2. The highest BCUT2D eigenvalue weighted by atomic mass is 35.5. The van der Waals surface area contributed by atoms with E-state index < -0.39 is 5.97 Å². The van der Waals surface area contributed by atoms with Gasteiger partial charge in [0.2, 0.25) is 0 Å². The Kier molecular flexibility index (Phi) is 6.66. The van der Waals surface area contributed by atoms with Crippen molar-refractivity contribution in [2.24, 2.45) is 0 Å². The first-order valence-electron chi connectivity index (χ1n) is 10.9. The van der Waals surface area contributed by atoms with Gasteiger partial charge in [0.1, 0.15) is 24.3 Å². The molecule has 182 valence electrons. The van der Waals surface area contributed by atoms with E-state index in [9.17, 15) is 14.9 Å². The number of hydrogen-bond donors (Lipinski definition) is 1. The van der Waals surface area contributed by atoms with Crippen LogP contribution in [0, 0.1) is 18.3 Å². The Labute approximate surface area is 218 Å². The van der Waals surface area contributed by atoms with Crippen molar-refractivity contribution in [2.45, 2.75) is 41.5 Å². The van der Waals surface area contributed by atoms with Crippen LogP contribution in [0.1, 0.15) is 46.3 Å². The van der Waals surface area contributed by atoms with Crippen molar-refractivity contribution in [3.63, 3.8) is 0 Å². The molecule has 4 aromatic rings. The quantitative estimate of drug-likeness (QED) is 0.332. The van der Waals surface area contributed by atoms with Crippen LogP contribution in [0.3, 0.4) is 0 Å². The lowest BCUT2D eigenvalue weighted by Crippen LogP contribution is -2.27. The van der Waals surface area contributed by atoms with Gasteiger partial charge in [0.05, 0.1) is 39.8 Å². The molecule has 1 fully saturated rings. The Morgan fingerprint density at radius 2 is 2.19 bits per heavy atom. The minimum absolute atomic E-state index is 0.0255. The Bertz CT molecular complexity index is 1610. The number of benzene rings is 1. The van der Waals surface area contributed by atoms with Crippen molar-refractivity contribution in [3.8, 4) is 11.8 Å². The number of nitriles is 1. The van der Waals surface area contributed by atoms with Crippen molar-refractivity contribution >= 4 is 51.6 Å². The number of aryl methyl sites for hydroxylation is 1. The largest absolute Gasteiger partial charge is 0.491 e. The Morgan fingerprint density at radius 3 is 2.89 bits per heavy atom. The lowest BCUT2D eigenvalue weighted by Gasteiger charge is -2.14. The van der Waals surface area contributed by atoms with E-state index in [1.165, 1.54) is 33.0 Å².